The summed E-state index contributed by atoms with van der Waals surface area (Å²) >= 11 is 2.63. The molecule has 1 N–H and O–H groups in total. The summed E-state index contributed by atoms with van der Waals surface area (Å²) < 4.78 is 2.19. The molecular weight excluding hydrogens is 402 g/mol. The average Bonchev–Trinajstić information content (AvgIpc) is 3.18. The van der Waals surface area contributed by atoms with Crippen molar-refractivity contribution in [1.82, 2.24) is 9.55 Å². The number of benzene rings is 2. The Morgan fingerprint density at radius 3 is 2.69 bits per heavy atom. The number of thiophene rings is 1. The van der Waals surface area contributed by atoms with Crippen molar-refractivity contribution < 1.29 is 4.79 Å². The van der Waals surface area contributed by atoms with E-state index in [1.54, 1.807) is 4.57 Å². The standard InChI is InChI=1S/C22H19N3O2S2/c1-14-8-9-17(15(2)12-14)23-19(26)13-29-22-24-18-10-11-28-20(18)21(27)25(22)16-6-4-3-5-7-16/h3-12H,13H2,1-2H3,(H,23,26). The molecule has 0 aliphatic heterocycles. The molecule has 0 spiro atoms. The van der Waals surface area contributed by atoms with Gasteiger partial charge in [0.05, 0.1) is 17.0 Å². The molecular formula is C22H19N3O2S2. The Balaban J connectivity index is 1.62. The number of fused-ring (bicyclic) bond motifs is 1. The Bertz CT molecular complexity index is 1250. The fourth-order valence-electron chi connectivity index (χ4n) is 3.06. The SMILES string of the molecule is Cc1ccc(NC(=O)CSc2nc3ccsc3c(=O)n2-c2ccccc2)c(C)c1. The van der Waals surface area contributed by atoms with Gasteiger partial charge < -0.3 is 5.32 Å². The van der Waals surface area contributed by atoms with E-state index in [1.807, 2.05) is 73.8 Å². The molecule has 7 heteroatoms. The van der Waals surface area contributed by atoms with E-state index in [4.69, 9.17) is 0 Å². The van der Waals surface area contributed by atoms with Gasteiger partial charge in [-0.1, -0.05) is 47.7 Å². The van der Waals surface area contributed by atoms with Crippen LogP contribution in [0.5, 0.6) is 0 Å². The summed E-state index contributed by atoms with van der Waals surface area (Å²) in [7, 11) is 0. The molecule has 0 saturated carbocycles. The molecule has 29 heavy (non-hydrogen) atoms. The predicted molar refractivity (Wildman–Crippen MR) is 120 cm³/mol. The Labute approximate surface area is 176 Å². The van der Waals surface area contributed by atoms with E-state index in [0.717, 1.165) is 22.5 Å². The molecule has 0 radical (unpaired) electrons. The van der Waals surface area contributed by atoms with Crippen molar-refractivity contribution in [1.29, 1.82) is 0 Å². The first-order valence-electron chi connectivity index (χ1n) is 9.08. The molecule has 1 amide bonds. The second-order valence-corrected chi connectivity index (χ2v) is 8.52. The van der Waals surface area contributed by atoms with Crippen LogP contribution in [0.25, 0.3) is 15.9 Å². The number of carbonyl (C=O) groups is 1. The topological polar surface area (TPSA) is 64.0 Å². The molecule has 0 saturated heterocycles. The number of aromatic nitrogens is 2. The molecule has 5 nitrogen and oxygen atoms in total. The number of hydrogen-bond acceptors (Lipinski definition) is 5. The van der Waals surface area contributed by atoms with Gasteiger partial charge in [-0.05, 0) is 49.1 Å². The summed E-state index contributed by atoms with van der Waals surface area (Å²) in [6, 6.07) is 17.1. The Morgan fingerprint density at radius 1 is 1.14 bits per heavy atom. The molecule has 146 valence electrons. The Hall–Kier alpha value is -2.90. The molecule has 2 heterocycles. The lowest BCUT2D eigenvalue weighted by molar-refractivity contribution is -0.113. The normalized spacial score (nSPS) is 11.0. The van der Waals surface area contributed by atoms with Crippen LogP contribution in [0.2, 0.25) is 0 Å². The minimum absolute atomic E-state index is 0.117. The van der Waals surface area contributed by atoms with Gasteiger partial charge in [-0.15, -0.1) is 11.3 Å². The lowest BCUT2D eigenvalue weighted by Gasteiger charge is -2.12. The minimum Gasteiger partial charge on any atom is -0.325 e. The van der Waals surface area contributed by atoms with Gasteiger partial charge in [-0.3, -0.25) is 14.2 Å². The quantitative estimate of drug-likeness (QED) is 0.372. The molecule has 4 rings (SSSR count). The third-order valence-electron chi connectivity index (χ3n) is 4.45. The summed E-state index contributed by atoms with van der Waals surface area (Å²) in [5, 5.41) is 5.30. The number of hydrogen-bond donors (Lipinski definition) is 1. The van der Waals surface area contributed by atoms with Crippen LogP contribution in [0.1, 0.15) is 11.1 Å². The highest BCUT2D eigenvalue weighted by Gasteiger charge is 2.16. The van der Waals surface area contributed by atoms with E-state index in [-0.39, 0.29) is 17.2 Å². The van der Waals surface area contributed by atoms with Crippen molar-refractivity contribution >= 4 is 44.9 Å². The van der Waals surface area contributed by atoms with Crippen molar-refractivity contribution in [3.63, 3.8) is 0 Å². The number of aryl methyl sites for hydroxylation is 2. The zero-order valence-corrected chi connectivity index (χ0v) is 17.6. The highest BCUT2D eigenvalue weighted by atomic mass is 32.2. The van der Waals surface area contributed by atoms with Gasteiger partial charge >= 0.3 is 0 Å². The fourth-order valence-corrected chi connectivity index (χ4v) is 4.64. The first kappa shape index (κ1) is 19.4. The maximum absolute atomic E-state index is 13.0. The first-order valence-corrected chi connectivity index (χ1v) is 10.9. The molecule has 0 atom stereocenters. The lowest BCUT2D eigenvalue weighted by Crippen LogP contribution is -2.22. The Morgan fingerprint density at radius 2 is 1.93 bits per heavy atom. The lowest BCUT2D eigenvalue weighted by atomic mass is 10.1. The van der Waals surface area contributed by atoms with E-state index < -0.39 is 0 Å². The van der Waals surface area contributed by atoms with Crippen LogP contribution in [0.15, 0.2) is 69.9 Å². The van der Waals surface area contributed by atoms with E-state index >= 15 is 0 Å². The second kappa shape index (κ2) is 8.23. The van der Waals surface area contributed by atoms with E-state index in [2.05, 4.69) is 10.3 Å². The van der Waals surface area contributed by atoms with E-state index in [0.29, 0.717) is 15.4 Å². The number of nitrogens with zero attached hydrogens (tertiary/aromatic N) is 2. The number of amides is 1. The summed E-state index contributed by atoms with van der Waals surface area (Å²) in [5.41, 5.74) is 4.23. The maximum atomic E-state index is 13.0. The summed E-state index contributed by atoms with van der Waals surface area (Å²) in [5.74, 6) is 0.0172. The zero-order valence-electron chi connectivity index (χ0n) is 16.0. The largest absolute Gasteiger partial charge is 0.325 e. The third-order valence-corrected chi connectivity index (χ3v) is 6.28. The number of carbonyl (C=O) groups excluding carboxylic acids is 1. The van der Waals surface area contributed by atoms with Crippen molar-refractivity contribution in [2.45, 2.75) is 19.0 Å². The molecule has 2 aromatic heterocycles. The van der Waals surface area contributed by atoms with Gasteiger partial charge in [-0.2, -0.15) is 0 Å². The molecule has 0 bridgehead atoms. The molecule has 0 fully saturated rings. The number of para-hydroxylation sites is 1. The predicted octanol–water partition coefficient (Wildman–Crippen LogP) is 4.79. The fraction of sp³-hybridized carbons (Fsp3) is 0.136. The molecule has 0 aliphatic carbocycles. The number of nitrogens with one attached hydrogen (secondary N) is 1. The van der Waals surface area contributed by atoms with Crippen LogP contribution in [-0.4, -0.2) is 21.2 Å². The van der Waals surface area contributed by atoms with Gasteiger partial charge in [0.15, 0.2) is 5.16 Å². The van der Waals surface area contributed by atoms with Crippen LogP contribution in [-0.2, 0) is 4.79 Å². The smallest absolute Gasteiger partial charge is 0.276 e. The molecule has 0 unspecified atom stereocenters. The summed E-state index contributed by atoms with van der Waals surface area (Å²) in [6.07, 6.45) is 0. The Kier molecular flexibility index (Phi) is 5.51. The van der Waals surface area contributed by atoms with Gasteiger partial charge in [-0.25, -0.2) is 4.98 Å². The van der Waals surface area contributed by atoms with Crippen LogP contribution in [0, 0.1) is 13.8 Å². The van der Waals surface area contributed by atoms with E-state index in [9.17, 15) is 9.59 Å². The van der Waals surface area contributed by atoms with Crippen LogP contribution < -0.4 is 10.9 Å². The summed E-state index contributed by atoms with van der Waals surface area (Å²) in [4.78, 5) is 30.2. The van der Waals surface area contributed by atoms with Crippen molar-refractivity contribution in [3.8, 4) is 5.69 Å². The number of thioether (sulfide) groups is 1. The van der Waals surface area contributed by atoms with Gasteiger partial charge in [0.1, 0.15) is 4.70 Å². The molecule has 4 aromatic rings. The van der Waals surface area contributed by atoms with Gasteiger partial charge in [0.2, 0.25) is 5.91 Å². The van der Waals surface area contributed by atoms with Gasteiger partial charge in [0, 0.05) is 5.69 Å². The molecule has 0 aliphatic rings. The summed E-state index contributed by atoms with van der Waals surface area (Å²) in [6.45, 7) is 3.98. The molecule has 2 aromatic carbocycles. The zero-order chi connectivity index (χ0) is 20.4. The highest BCUT2D eigenvalue weighted by molar-refractivity contribution is 7.99. The number of anilines is 1. The van der Waals surface area contributed by atoms with E-state index in [1.165, 1.54) is 23.1 Å². The van der Waals surface area contributed by atoms with Crippen molar-refractivity contribution in [2.24, 2.45) is 0 Å². The third kappa shape index (κ3) is 4.11. The van der Waals surface area contributed by atoms with Crippen LogP contribution in [0.4, 0.5) is 5.69 Å². The average molecular weight is 422 g/mol. The van der Waals surface area contributed by atoms with Crippen LogP contribution in [0.3, 0.4) is 0 Å². The minimum atomic E-state index is -0.138. The van der Waals surface area contributed by atoms with Crippen molar-refractivity contribution in [2.75, 3.05) is 11.1 Å². The number of rotatable bonds is 5. The first-order chi connectivity index (χ1) is 14.0. The van der Waals surface area contributed by atoms with Crippen LogP contribution >= 0.6 is 23.1 Å². The van der Waals surface area contributed by atoms with Gasteiger partial charge in [0.25, 0.3) is 5.56 Å². The monoisotopic (exact) mass is 421 g/mol. The van der Waals surface area contributed by atoms with Crippen molar-refractivity contribution in [3.05, 3.63) is 81.5 Å². The second-order valence-electron chi connectivity index (χ2n) is 6.66. The highest BCUT2D eigenvalue weighted by Crippen LogP contribution is 2.24. The maximum Gasteiger partial charge on any atom is 0.276 e.